The standard InChI is InChI=1S/C13H20/c1-8(2)12-7-10(5)13(9(3)4)11(12)6/h7-9,13H,5-6H2,1-4H3. The van der Waals surface area contributed by atoms with Gasteiger partial charge in [-0.2, -0.15) is 0 Å². The van der Waals surface area contributed by atoms with Gasteiger partial charge < -0.3 is 0 Å². The molecule has 0 spiro atoms. The minimum atomic E-state index is 0.484. The lowest BCUT2D eigenvalue weighted by Gasteiger charge is -2.19. The Balaban J connectivity index is 2.93. The first-order valence-electron chi connectivity index (χ1n) is 5.04. The van der Waals surface area contributed by atoms with Crippen molar-refractivity contribution >= 4 is 0 Å². The molecular formula is C13H20. The van der Waals surface area contributed by atoms with Crippen molar-refractivity contribution in [1.82, 2.24) is 0 Å². The van der Waals surface area contributed by atoms with Crippen LogP contribution in [0.5, 0.6) is 0 Å². The summed E-state index contributed by atoms with van der Waals surface area (Å²) in [6.07, 6.45) is 2.22. The molecule has 1 aliphatic rings. The average molecular weight is 176 g/mol. The van der Waals surface area contributed by atoms with Crippen molar-refractivity contribution in [2.24, 2.45) is 17.8 Å². The quantitative estimate of drug-likeness (QED) is 0.597. The Morgan fingerprint density at radius 1 is 1.15 bits per heavy atom. The van der Waals surface area contributed by atoms with Gasteiger partial charge in [0.1, 0.15) is 0 Å². The lowest BCUT2D eigenvalue weighted by Crippen LogP contribution is -2.09. The van der Waals surface area contributed by atoms with Crippen LogP contribution in [0.25, 0.3) is 0 Å². The third kappa shape index (κ3) is 1.77. The van der Waals surface area contributed by atoms with E-state index < -0.39 is 0 Å². The van der Waals surface area contributed by atoms with Gasteiger partial charge in [-0.1, -0.05) is 46.9 Å². The van der Waals surface area contributed by atoms with Gasteiger partial charge in [0, 0.05) is 5.92 Å². The maximum Gasteiger partial charge on any atom is 0.0104 e. The normalized spacial score (nSPS) is 23.2. The van der Waals surface area contributed by atoms with Gasteiger partial charge in [-0.05, 0) is 28.6 Å². The molecule has 0 amide bonds. The molecule has 1 unspecified atom stereocenters. The minimum Gasteiger partial charge on any atom is -0.0952 e. The van der Waals surface area contributed by atoms with E-state index >= 15 is 0 Å². The topological polar surface area (TPSA) is 0 Å². The molecular weight excluding hydrogens is 156 g/mol. The first-order valence-corrected chi connectivity index (χ1v) is 5.04. The molecule has 1 atom stereocenters. The van der Waals surface area contributed by atoms with Gasteiger partial charge in [-0.25, -0.2) is 0 Å². The lowest BCUT2D eigenvalue weighted by molar-refractivity contribution is 0.522. The summed E-state index contributed by atoms with van der Waals surface area (Å²) in [4.78, 5) is 0. The maximum atomic E-state index is 4.18. The lowest BCUT2D eigenvalue weighted by atomic mass is 9.85. The smallest absolute Gasteiger partial charge is 0.0104 e. The van der Waals surface area contributed by atoms with Crippen LogP contribution >= 0.6 is 0 Å². The highest BCUT2D eigenvalue weighted by Crippen LogP contribution is 2.40. The van der Waals surface area contributed by atoms with Crippen molar-refractivity contribution in [1.29, 1.82) is 0 Å². The highest BCUT2D eigenvalue weighted by Gasteiger charge is 2.28. The van der Waals surface area contributed by atoms with E-state index in [0.717, 1.165) is 0 Å². The van der Waals surface area contributed by atoms with E-state index in [1.54, 1.807) is 0 Å². The van der Waals surface area contributed by atoms with Crippen molar-refractivity contribution in [2.45, 2.75) is 27.7 Å². The summed E-state index contributed by atoms with van der Waals surface area (Å²) in [6, 6.07) is 0. The van der Waals surface area contributed by atoms with Crippen molar-refractivity contribution in [3.8, 4) is 0 Å². The molecule has 1 rings (SSSR count). The molecule has 0 aliphatic heterocycles. The molecule has 1 aliphatic carbocycles. The Morgan fingerprint density at radius 2 is 1.69 bits per heavy atom. The molecule has 0 heterocycles. The van der Waals surface area contributed by atoms with Gasteiger partial charge in [-0.3, -0.25) is 0 Å². The monoisotopic (exact) mass is 176 g/mol. The Labute approximate surface area is 82.0 Å². The zero-order chi connectivity index (χ0) is 10.2. The van der Waals surface area contributed by atoms with Gasteiger partial charge in [0.2, 0.25) is 0 Å². The fourth-order valence-corrected chi connectivity index (χ4v) is 2.15. The van der Waals surface area contributed by atoms with Gasteiger partial charge in [0.25, 0.3) is 0 Å². The Bertz CT molecular complexity index is 264. The van der Waals surface area contributed by atoms with E-state index in [2.05, 4.69) is 46.9 Å². The molecule has 0 aromatic heterocycles. The molecule has 13 heavy (non-hydrogen) atoms. The maximum absolute atomic E-state index is 4.18. The summed E-state index contributed by atoms with van der Waals surface area (Å²) < 4.78 is 0. The largest absolute Gasteiger partial charge is 0.0952 e. The average Bonchev–Trinajstić information content (AvgIpc) is 2.26. The molecule has 0 heteroatoms. The fourth-order valence-electron chi connectivity index (χ4n) is 2.15. The fraction of sp³-hybridized carbons (Fsp3) is 0.538. The van der Waals surface area contributed by atoms with Gasteiger partial charge >= 0.3 is 0 Å². The van der Waals surface area contributed by atoms with Crippen LogP contribution in [0.2, 0.25) is 0 Å². The van der Waals surface area contributed by atoms with E-state index in [9.17, 15) is 0 Å². The number of hydrogen-bond acceptors (Lipinski definition) is 0. The molecule has 0 fully saturated rings. The summed E-state index contributed by atoms with van der Waals surface area (Å²) in [5, 5.41) is 0. The molecule has 0 radical (unpaired) electrons. The Hall–Kier alpha value is -0.780. The summed E-state index contributed by atoms with van der Waals surface area (Å²) in [5.74, 6) is 1.68. The summed E-state index contributed by atoms with van der Waals surface area (Å²) >= 11 is 0. The molecule has 0 saturated carbocycles. The summed E-state index contributed by atoms with van der Waals surface area (Å²) in [7, 11) is 0. The molecule has 0 aromatic rings. The number of rotatable bonds is 2. The van der Waals surface area contributed by atoms with Crippen LogP contribution in [0.3, 0.4) is 0 Å². The molecule has 72 valence electrons. The number of hydrogen-bond donors (Lipinski definition) is 0. The first-order chi connectivity index (χ1) is 5.95. The van der Waals surface area contributed by atoms with Crippen molar-refractivity contribution in [3.63, 3.8) is 0 Å². The Kier molecular flexibility index (Phi) is 2.80. The third-order valence-electron chi connectivity index (χ3n) is 2.78. The van der Waals surface area contributed by atoms with Crippen molar-refractivity contribution < 1.29 is 0 Å². The Morgan fingerprint density at radius 3 is 1.92 bits per heavy atom. The van der Waals surface area contributed by atoms with Crippen LogP contribution in [0.1, 0.15) is 27.7 Å². The predicted molar refractivity (Wildman–Crippen MR) is 59.5 cm³/mol. The van der Waals surface area contributed by atoms with E-state index in [1.165, 1.54) is 16.7 Å². The second-order valence-electron chi connectivity index (χ2n) is 4.58. The van der Waals surface area contributed by atoms with Crippen LogP contribution < -0.4 is 0 Å². The SMILES string of the molecule is C=C1C=C(C(C)C)C(=C)C1C(C)C. The zero-order valence-electron chi connectivity index (χ0n) is 9.22. The van der Waals surface area contributed by atoms with Gasteiger partial charge in [0.05, 0.1) is 0 Å². The van der Waals surface area contributed by atoms with Crippen molar-refractivity contribution in [3.05, 3.63) is 36.0 Å². The van der Waals surface area contributed by atoms with E-state index in [0.29, 0.717) is 17.8 Å². The highest BCUT2D eigenvalue weighted by atomic mass is 14.3. The second-order valence-corrected chi connectivity index (χ2v) is 4.58. The molecule has 0 bridgehead atoms. The molecule has 0 N–H and O–H groups in total. The minimum absolute atomic E-state index is 0.484. The van der Waals surface area contributed by atoms with Gasteiger partial charge in [-0.15, -0.1) is 0 Å². The molecule has 0 nitrogen and oxygen atoms in total. The van der Waals surface area contributed by atoms with Crippen LogP contribution in [-0.2, 0) is 0 Å². The number of allylic oxidation sites excluding steroid dienone is 4. The molecule has 0 saturated heterocycles. The van der Waals surface area contributed by atoms with Gasteiger partial charge in [0.15, 0.2) is 0 Å². The summed E-state index contributed by atoms with van der Waals surface area (Å²) in [6.45, 7) is 17.2. The second kappa shape index (κ2) is 3.53. The van der Waals surface area contributed by atoms with Crippen LogP contribution in [0.4, 0.5) is 0 Å². The van der Waals surface area contributed by atoms with E-state index in [-0.39, 0.29) is 0 Å². The first kappa shape index (κ1) is 10.3. The zero-order valence-corrected chi connectivity index (χ0v) is 9.22. The van der Waals surface area contributed by atoms with Crippen molar-refractivity contribution in [2.75, 3.05) is 0 Å². The predicted octanol–water partition coefficient (Wildman–Crippen LogP) is 3.97. The van der Waals surface area contributed by atoms with E-state index in [4.69, 9.17) is 0 Å². The van der Waals surface area contributed by atoms with Crippen LogP contribution in [0.15, 0.2) is 36.0 Å². The third-order valence-corrected chi connectivity index (χ3v) is 2.78. The molecule has 0 aromatic carbocycles. The van der Waals surface area contributed by atoms with Crippen LogP contribution in [-0.4, -0.2) is 0 Å². The van der Waals surface area contributed by atoms with Crippen LogP contribution in [0, 0.1) is 17.8 Å². The summed E-state index contributed by atoms with van der Waals surface area (Å²) in [5.41, 5.74) is 3.92. The highest BCUT2D eigenvalue weighted by molar-refractivity contribution is 5.49. The van der Waals surface area contributed by atoms with E-state index in [1.807, 2.05) is 0 Å².